The van der Waals surface area contributed by atoms with Crippen molar-refractivity contribution in [3.05, 3.63) is 82.4 Å². The number of rotatable bonds is 5. The molecule has 0 amide bonds. The molecule has 1 aliphatic heterocycles. The van der Waals surface area contributed by atoms with Crippen LogP contribution in [0.15, 0.2) is 54.7 Å². The van der Waals surface area contributed by atoms with E-state index in [0.717, 1.165) is 28.3 Å². The molecular formula is C22H23ClN4OS. The predicted octanol–water partition coefficient (Wildman–Crippen LogP) is 4.11. The van der Waals surface area contributed by atoms with Crippen LogP contribution in [0.3, 0.4) is 0 Å². The Morgan fingerprint density at radius 1 is 1.17 bits per heavy atom. The molecular weight excluding hydrogens is 404 g/mol. The van der Waals surface area contributed by atoms with E-state index in [0.29, 0.717) is 16.7 Å². The maximum absolute atomic E-state index is 9.64. The van der Waals surface area contributed by atoms with Crippen molar-refractivity contribution in [1.82, 2.24) is 19.8 Å². The first kappa shape index (κ1) is 19.9. The molecule has 0 spiro atoms. The van der Waals surface area contributed by atoms with Gasteiger partial charge in [-0.25, -0.2) is 0 Å². The van der Waals surface area contributed by atoms with Crippen LogP contribution >= 0.6 is 23.8 Å². The molecule has 1 aliphatic rings. The van der Waals surface area contributed by atoms with Gasteiger partial charge in [-0.1, -0.05) is 29.8 Å². The third-order valence-corrected chi connectivity index (χ3v) is 6.09. The van der Waals surface area contributed by atoms with Crippen molar-refractivity contribution in [1.29, 1.82) is 0 Å². The van der Waals surface area contributed by atoms with Gasteiger partial charge >= 0.3 is 0 Å². The van der Waals surface area contributed by atoms with Gasteiger partial charge in [-0.2, -0.15) is 0 Å². The molecule has 0 radical (unpaired) electrons. The van der Waals surface area contributed by atoms with Gasteiger partial charge in [0.05, 0.1) is 35.1 Å². The van der Waals surface area contributed by atoms with Crippen molar-refractivity contribution in [3.8, 4) is 5.69 Å². The van der Waals surface area contributed by atoms with Crippen LogP contribution in [-0.2, 0) is 0 Å². The van der Waals surface area contributed by atoms with Crippen molar-refractivity contribution < 1.29 is 5.11 Å². The van der Waals surface area contributed by atoms with Crippen LogP contribution in [0.1, 0.15) is 34.7 Å². The first-order valence-electron chi connectivity index (χ1n) is 9.55. The highest BCUT2D eigenvalue weighted by Gasteiger charge is 2.41. The van der Waals surface area contributed by atoms with Gasteiger partial charge in [0.15, 0.2) is 5.11 Å². The molecule has 2 aromatic heterocycles. The second-order valence-corrected chi connectivity index (χ2v) is 7.95. The summed E-state index contributed by atoms with van der Waals surface area (Å²) in [5.74, 6) is 0. The van der Waals surface area contributed by atoms with E-state index in [2.05, 4.69) is 34.8 Å². The van der Waals surface area contributed by atoms with Crippen LogP contribution in [0.4, 0.5) is 0 Å². The zero-order valence-corrected chi connectivity index (χ0v) is 17.9. The molecule has 150 valence electrons. The van der Waals surface area contributed by atoms with Crippen molar-refractivity contribution in [2.24, 2.45) is 0 Å². The van der Waals surface area contributed by atoms with E-state index in [4.69, 9.17) is 23.8 Å². The summed E-state index contributed by atoms with van der Waals surface area (Å²) in [5.41, 5.74) is 5.19. The van der Waals surface area contributed by atoms with Gasteiger partial charge in [0.25, 0.3) is 0 Å². The molecule has 29 heavy (non-hydrogen) atoms. The summed E-state index contributed by atoms with van der Waals surface area (Å²) < 4.78 is 2.17. The molecule has 2 unspecified atom stereocenters. The van der Waals surface area contributed by atoms with Gasteiger partial charge in [-0.15, -0.1) is 0 Å². The Morgan fingerprint density at radius 3 is 2.62 bits per heavy atom. The number of hydrogen-bond donors (Lipinski definition) is 2. The molecule has 7 heteroatoms. The topological polar surface area (TPSA) is 53.3 Å². The number of para-hydroxylation sites is 1. The summed E-state index contributed by atoms with van der Waals surface area (Å²) >= 11 is 12.1. The summed E-state index contributed by atoms with van der Waals surface area (Å²) in [6.07, 6.45) is 1.79. The Balaban J connectivity index is 1.85. The minimum atomic E-state index is -0.101. The Hall–Kier alpha value is -2.41. The zero-order chi connectivity index (χ0) is 20.5. The van der Waals surface area contributed by atoms with Gasteiger partial charge in [0.1, 0.15) is 0 Å². The minimum Gasteiger partial charge on any atom is -0.395 e. The lowest BCUT2D eigenvalue weighted by Crippen LogP contribution is -2.32. The number of hydrogen-bond acceptors (Lipinski definition) is 3. The summed E-state index contributed by atoms with van der Waals surface area (Å²) in [6, 6.07) is 15.7. The fraction of sp³-hybridized carbons (Fsp3) is 0.273. The number of pyridine rings is 1. The number of aliphatic hydroxyl groups excluding tert-OH is 1. The number of thiocarbonyl (C=S) groups is 1. The Labute approximate surface area is 180 Å². The van der Waals surface area contributed by atoms with Crippen LogP contribution in [0, 0.1) is 13.8 Å². The monoisotopic (exact) mass is 426 g/mol. The van der Waals surface area contributed by atoms with Crippen molar-refractivity contribution in [3.63, 3.8) is 0 Å². The predicted molar refractivity (Wildman–Crippen MR) is 119 cm³/mol. The average molecular weight is 427 g/mol. The van der Waals surface area contributed by atoms with Crippen molar-refractivity contribution >= 4 is 28.9 Å². The molecule has 4 rings (SSSR count). The van der Waals surface area contributed by atoms with Gasteiger partial charge < -0.3 is 19.9 Å². The standard InChI is InChI=1S/C22H23ClN4OS/c1-14-13-16(15(2)27(14)19-9-4-3-7-17(19)23)21-20(18-8-5-6-10-24-18)25-22(29)26(21)11-12-28/h3-10,13,20-21,28H,11-12H2,1-2H3,(H,25,29). The normalized spacial score (nSPS) is 18.9. The van der Waals surface area contributed by atoms with Crippen LogP contribution in [0.2, 0.25) is 5.02 Å². The lowest BCUT2D eigenvalue weighted by atomic mass is 9.97. The van der Waals surface area contributed by atoms with E-state index in [1.165, 1.54) is 0 Å². The highest BCUT2D eigenvalue weighted by molar-refractivity contribution is 7.80. The number of halogens is 1. The number of nitrogens with one attached hydrogen (secondary N) is 1. The molecule has 5 nitrogen and oxygen atoms in total. The molecule has 3 heterocycles. The van der Waals surface area contributed by atoms with E-state index in [9.17, 15) is 5.11 Å². The van der Waals surface area contributed by atoms with Crippen molar-refractivity contribution in [2.75, 3.05) is 13.2 Å². The Kier molecular flexibility index (Phi) is 5.58. The van der Waals surface area contributed by atoms with E-state index in [-0.39, 0.29) is 18.7 Å². The summed E-state index contributed by atoms with van der Waals surface area (Å²) in [7, 11) is 0. The molecule has 1 saturated heterocycles. The summed E-state index contributed by atoms with van der Waals surface area (Å²) in [5, 5.41) is 14.4. The third kappa shape index (κ3) is 3.52. The van der Waals surface area contributed by atoms with E-state index < -0.39 is 0 Å². The van der Waals surface area contributed by atoms with Crippen LogP contribution < -0.4 is 5.32 Å². The second kappa shape index (κ2) is 8.14. The number of aryl methyl sites for hydroxylation is 1. The van der Waals surface area contributed by atoms with E-state index in [1.807, 2.05) is 47.4 Å². The third-order valence-electron chi connectivity index (χ3n) is 5.42. The lowest BCUT2D eigenvalue weighted by molar-refractivity contribution is 0.223. The fourth-order valence-electron chi connectivity index (χ4n) is 4.18. The SMILES string of the molecule is Cc1cc(C2C(c3ccccn3)NC(=S)N2CCO)c(C)n1-c1ccccc1Cl. The first-order chi connectivity index (χ1) is 14.0. The lowest BCUT2D eigenvalue weighted by Gasteiger charge is -2.27. The summed E-state index contributed by atoms with van der Waals surface area (Å²) in [4.78, 5) is 6.61. The van der Waals surface area contributed by atoms with Crippen LogP contribution in [0.5, 0.6) is 0 Å². The Bertz CT molecular complexity index is 1040. The van der Waals surface area contributed by atoms with Gasteiger partial charge in [-0.05, 0) is 62.0 Å². The molecule has 2 N–H and O–H groups in total. The molecule has 0 bridgehead atoms. The average Bonchev–Trinajstić information content (AvgIpc) is 3.19. The molecule has 1 fully saturated rings. The summed E-state index contributed by atoms with van der Waals surface area (Å²) in [6.45, 7) is 4.65. The molecule has 0 aliphatic carbocycles. The minimum absolute atomic E-state index is 0.0243. The smallest absolute Gasteiger partial charge is 0.170 e. The maximum atomic E-state index is 9.64. The van der Waals surface area contributed by atoms with E-state index in [1.54, 1.807) is 6.20 Å². The van der Waals surface area contributed by atoms with Crippen molar-refractivity contribution in [2.45, 2.75) is 25.9 Å². The molecule has 3 aromatic rings. The number of nitrogens with zero attached hydrogens (tertiary/aromatic N) is 3. The van der Waals surface area contributed by atoms with E-state index >= 15 is 0 Å². The van der Waals surface area contributed by atoms with Crippen LogP contribution in [0.25, 0.3) is 5.69 Å². The number of benzene rings is 1. The largest absolute Gasteiger partial charge is 0.395 e. The molecule has 1 aromatic carbocycles. The van der Waals surface area contributed by atoms with Gasteiger partial charge in [0.2, 0.25) is 0 Å². The zero-order valence-electron chi connectivity index (χ0n) is 16.3. The fourth-order valence-corrected chi connectivity index (χ4v) is 4.74. The maximum Gasteiger partial charge on any atom is 0.170 e. The number of aliphatic hydroxyl groups is 1. The Morgan fingerprint density at radius 2 is 1.93 bits per heavy atom. The number of β-amino-alcohol motifs (C(OH)–C–C–N with tert-alkyl or cyclic N) is 1. The molecule has 2 atom stereocenters. The van der Waals surface area contributed by atoms with Crippen LogP contribution in [-0.4, -0.2) is 37.8 Å². The highest BCUT2D eigenvalue weighted by Crippen LogP contribution is 2.41. The first-order valence-corrected chi connectivity index (χ1v) is 10.3. The highest BCUT2D eigenvalue weighted by atomic mass is 35.5. The van der Waals surface area contributed by atoms with Gasteiger partial charge in [0, 0.05) is 24.1 Å². The molecule has 0 saturated carbocycles. The van der Waals surface area contributed by atoms with Gasteiger partial charge in [-0.3, -0.25) is 4.98 Å². The number of aromatic nitrogens is 2. The quantitative estimate of drug-likeness (QED) is 0.601. The second-order valence-electron chi connectivity index (χ2n) is 7.16.